The van der Waals surface area contributed by atoms with Crippen LogP contribution in [0.15, 0.2) is 66.7 Å². The van der Waals surface area contributed by atoms with Crippen molar-refractivity contribution in [2.45, 2.75) is 13.0 Å². The van der Waals surface area contributed by atoms with Crippen LogP contribution in [0.2, 0.25) is 0 Å². The van der Waals surface area contributed by atoms with E-state index in [-0.39, 0.29) is 18.6 Å². The molecule has 0 radical (unpaired) electrons. The Bertz CT molecular complexity index is 945. The summed E-state index contributed by atoms with van der Waals surface area (Å²) in [6.45, 7) is 1.57. The Labute approximate surface area is 157 Å². The predicted molar refractivity (Wildman–Crippen MR) is 104 cm³/mol. The van der Waals surface area contributed by atoms with Gasteiger partial charge in [-0.3, -0.25) is 4.79 Å². The first-order valence-corrected chi connectivity index (χ1v) is 8.66. The Morgan fingerprint density at radius 2 is 1.67 bits per heavy atom. The van der Waals surface area contributed by atoms with E-state index in [1.54, 1.807) is 31.4 Å². The van der Waals surface area contributed by atoms with E-state index < -0.39 is 5.97 Å². The molecule has 3 aromatic rings. The minimum Gasteiger partial charge on any atom is -0.497 e. The zero-order chi connectivity index (χ0) is 19.2. The molecule has 0 saturated heterocycles. The van der Waals surface area contributed by atoms with Crippen LogP contribution in [0, 0.1) is 0 Å². The number of benzene rings is 3. The minimum atomic E-state index is -0.550. The molecule has 0 spiro atoms. The van der Waals surface area contributed by atoms with Crippen molar-refractivity contribution in [2.24, 2.45) is 0 Å². The molecule has 0 aromatic heterocycles. The summed E-state index contributed by atoms with van der Waals surface area (Å²) in [4.78, 5) is 24.2. The van der Waals surface area contributed by atoms with E-state index in [1.165, 1.54) is 0 Å². The summed E-state index contributed by atoms with van der Waals surface area (Å²) in [6.07, 6.45) is 0. The lowest BCUT2D eigenvalue weighted by Gasteiger charge is -2.16. The molecule has 0 aliphatic rings. The van der Waals surface area contributed by atoms with Crippen LogP contribution in [0.3, 0.4) is 0 Å². The van der Waals surface area contributed by atoms with Crippen molar-refractivity contribution < 1.29 is 19.1 Å². The SMILES string of the molecule is COc1ccc(C(=O)OCC(=O)N[C@H](C)c2cccc3ccccc23)cc1. The Morgan fingerprint density at radius 3 is 2.41 bits per heavy atom. The van der Waals surface area contributed by atoms with Gasteiger partial charge in [-0.15, -0.1) is 0 Å². The molecular weight excluding hydrogens is 342 g/mol. The summed E-state index contributed by atoms with van der Waals surface area (Å²) >= 11 is 0. The summed E-state index contributed by atoms with van der Waals surface area (Å²) in [7, 11) is 1.55. The van der Waals surface area contributed by atoms with Gasteiger partial charge in [-0.05, 0) is 47.5 Å². The maximum absolute atomic E-state index is 12.2. The summed E-state index contributed by atoms with van der Waals surface area (Å²) in [6, 6.07) is 20.3. The molecule has 1 N–H and O–H groups in total. The van der Waals surface area contributed by atoms with Gasteiger partial charge < -0.3 is 14.8 Å². The van der Waals surface area contributed by atoms with Gasteiger partial charge in [0, 0.05) is 0 Å². The monoisotopic (exact) mass is 363 g/mol. The average molecular weight is 363 g/mol. The molecule has 3 aromatic carbocycles. The Balaban J connectivity index is 1.59. The van der Waals surface area contributed by atoms with E-state index in [0.717, 1.165) is 16.3 Å². The highest BCUT2D eigenvalue weighted by atomic mass is 16.5. The van der Waals surface area contributed by atoms with Crippen molar-refractivity contribution in [3.63, 3.8) is 0 Å². The molecule has 1 amide bonds. The van der Waals surface area contributed by atoms with Crippen molar-refractivity contribution in [3.05, 3.63) is 77.9 Å². The number of esters is 1. The van der Waals surface area contributed by atoms with E-state index in [0.29, 0.717) is 11.3 Å². The largest absolute Gasteiger partial charge is 0.497 e. The van der Waals surface area contributed by atoms with Crippen LogP contribution in [0.25, 0.3) is 10.8 Å². The molecule has 0 bridgehead atoms. The normalized spacial score (nSPS) is 11.6. The van der Waals surface area contributed by atoms with Gasteiger partial charge in [0.2, 0.25) is 0 Å². The molecule has 138 valence electrons. The molecule has 0 unspecified atom stereocenters. The molecule has 27 heavy (non-hydrogen) atoms. The van der Waals surface area contributed by atoms with Gasteiger partial charge in [0.15, 0.2) is 6.61 Å². The second kappa shape index (κ2) is 8.36. The lowest BCUT2D eigenvalue weighted by molar-refractivity contribution is -0.124. The third-order valence-electron chi connectivity index (χ3n) is 4.33. The number of rotatable bonds is 6. The molecule has 1 atom stereocenters. The second-order valence-corrected chi connectivity index (χ2v) is 6.16. The lowest BCUT2D eigenvalue weighted by atomic mass is 10.00. The standard InChI is InChI=1S/C22H21NO4/c1-15(19-9-5-7-16-6-3-4-8-20(16)19)23-21(24)14-27-22(25)17-10-12-18(26-2)13-11-17/h3-13,15H,14H2,1-2H3,(H,23,24)/t15-/m1/s1. The Morgan fingerprint density at radius 1 is 0.963 bits per heavy atom. The summed E-state index contributed by atoms with van der Waals surface area (Å²) in [5, 5.41) is 5.08. The first kappa shape index (κ1) is 18.5. The van der Waals surface area contributed by atoms with Crippen molar-refractivity contribution in [1.29, 1.82) is 0 Å². The van der Waals surface area contributed by atoms with Gasteiger partial charge in [-0.2, -0.15) is 0 Å². The third-order valence-corrected chi connectivity index (χ3v) is 4.33. The van der Waals surface area contributed by atoms with Crippen LogP contribution in [-0.2, 0) is 9.53 Å². The number of amides is 1. The Hall–Kier alpha value is -3.34. The summed E-state index contributed by atoms with van der Waals surface area (Å²) < 4.78 is 10.1. The smallest absolute Gasteiger partial charge is 0.338 e. The number of hydrogen-bond acceptors (Lipinski definition) is 4. The maximum Gasteiger partial charge on any atom is 0.338 e. The topological polar surface area (TPSA) is 64.6 Å². The molecule has 3 rings (SSSR count). The fourth-order valence-corrected chi connectivity index (χ4v) is 2.93. The molecular formula is C22H21NO4. The highest BCUT2D eigenvalue weighted by Crippen LogP contribution is 2.24. The van der Waals surface area contributed by atoms with E-state index >= 15 is 0 Å². The number of methoxy groups -OCH3 is 1. The fraction of sp³-hybridized carbons (Fsp3) is 0.182. The van der Waals surface area contributed by atoms with E-state index in [4.69, 9.17) is 9.47 Å². The van der Waals surface area contributed by atoms with Crippen LogP contribution in [0.4, 0.5) is 0 Å². The van der Waals surface area contributed by atoms with Crippen LogP contribution >= 0.6 is 0 Å². The lowest BCUT2D eigenvalue weighted by Crippen LogP contribution is -2.31. The molecule has 0 aliphatic heterocycles. The number of hydrogen-bond donors (Lipinski definition) is 1. The Kier molecular flexibility index (Phi) is 5.71. The molecule has 5 nitrogen and oxygen atoms in total. The van der Waals surface area contributed by atoms with Crippen molar-refractivity contribution >= 4 is 22.6 Å². The number of nitrogens with one attached hydrogen (secondary N) is 1. The van der Waals surface area contributed by atoms with Gasteiger partial charge >= 0.3 is 5.97 Å². The van der Waals surface area contributed by atoms with Crippen molar-refractivity contribution in [3.8, 4) is 5.75 Å². The second-order valence-electron chi connectivity index (χ2n) is 6.16. The quantitative estimate of drug-likeness (QED) is 0.675. The third kappa shape index (κ3) is 4.44. The average Bonchev–Trinajstić information content (AvgIpc) is 2.71. The van der Waals surface area contributed by atoms with E-state index in [2.05, 4.69) is 5.32 Å². The van der Waals surface area contributed by atoms with Crippen LogP contribution in [-0.4, -0.2) is 25.6 Å². The highest BCUT2D eigenvalue weighted by molar-refractivity contribution is 5.91. The molecule has 5 heteroatoms. The van der Waals surface area contributed by atoms with Gasteiger partial charge in [0.25, 0.3) is 5.91 Å². The van der Waals surface area contributed by atoms with Crippen LogP contribution < -0.4 is 10.1 Å². The van der Waals surface area contributed by atoms with E-state index in [9.17, 15) is 9.59 Å². The highest BCUT2D eigenvalue weighted by Gasteiger charge is 2.14. The number of carbonyl (C=O) groups is 2. The number of fused-ring (bicyclic) bond motifs is 1. The molecule has 0 aliphatic carbocycles. The van der Waals surface area contributed by atoms with Crippen LogP contribution in [0.5, 0.6) is 5.75 Å². The zero-order valence-corrected chi connectivity index (χ0v) is 15.3. The van der Waals surface area contributed by atoms with Crippen molar-refractivity contribution in [2.75, 3.05) is 13.7 Å². The zero-order valence-electron chi connectivity index (χ0n) is 15.3. The van der Waals surface area contributed by atoms with Gasteiger partial charge in [0.1, 0.15) is 5.75 Å². The fourth-order valence-electron chi connectivity index (χ4n) is 2.93. The first-order chi connectivity index (χ1) is 13.1. The van der Waals surface area contributed by atoms with E-state index in [1.807, 2.05) is 49.4 Å². The minimum absolute atomic E-state index is 0.205. The predicted octanol–water partition coefficient (Wildman–Crippen LogP) is 3.88. The first-order valence-electron chi connectivity index (χ1n) is 8.66. The summed E-state index contributed by atoms with van der Waals surface area (Å²) in [5.74, 6) is -0.254. The van der Waals surface area contributed by atoms with Gasteiger partial charge in [-0.25, -0.2) is 4.79 Å². The molecule has 0 fully saturated rings. The van der Waals surface area contributed by atoms with Gasteiger partial charge in [-0.1, -0.05) is 42.5 Å². The maximum atomic E-state index is 12.2. The molecule has 0 saturated carbocycles. The summed E-state index contributed by atoms with van der Waals surface area (Å²) in [5.41, 5.74) is 1.38. The number of ether oxygens (including phenoxy) is 2. The number of carbonyl (C=O) groups excluding carboxylic acids is 2. The van der Waals surface area contributed by atoms with Crippen molar-refractivity contribution in [1.82, 2.24) is 5.32 Å². The van der Waals surface area contributed by atoms with Gasteiger partial charge in [0.05, 0.1) is 18.7 Å². The van der Waals surface area contributed by atoms with Crippen LogP contribution in [0.1, 0.15) is 28.9 Å². The molecule has 0 heterocycles.